The van der Waals surface area contributed by atoms with Crippen molar-refractivity contribution in [3.63, 3.8) is 0 Å². The Hall–Kier alpha value is -3.98. The number of hydrogen-bond donors (Lipinski definition) is 1. The minimum atomic E-state index is -0.281. The molecule has 0 bridgehead atoms. The Balaban J connectivity index is 1.43. The molecule has 1 aromatic carbocycles. The fourth-order valence-electron chi connectivity index (χ4n) is 4.15. The summed E-state index contributed by atoms with van der Waals surface area (Å²) in [7, 11) is 0. The Labute approximate surface area is 207 Å². The number of nitrogens with two attached hydrogens (primary N) is 1. The number of oxazole rings is 1. The summed E-state index contributed by atoms with van der Waals surface area (Å²) >= 11 is 6.09. The molecule has 0 spiro atoms. The second-order valence-electron chi connectivity index (χ2n) is 8.31. The van der Waals surface area contributed by atoms with Gasteiger partial charge in [-0.25, -0.2) is 9.97 Å². The number of pyridine rings is 1. The van der Waals surface area contributed by atoms with Crippen molar-refractivity contribution in [3.05, 3.63) is 83.3 Å². The zero-order valence-corrected chi connectivity index (χ0v) is 19.9. The van der Waals surface area contributed by atoms with Crippen molar-refractivity contribution in [1.82, 2.24) is 24.8 Å². The van der Waals surface area contributed by atoms with Crippen LogP contribution in [0.2, 0.25) is 5.02 Å². The van der Waals surface area contributed by atoms with Crippen molar-refractivity contribution in [2.24, 2.45) is 5.73 Å². The van der Waals surface area contributed by atoms with Crippen LogP contribution in [0.1, 0.15) is 24.9 Å². The van der Waals surface area contributed by atoms with E-state index < -0.39 is 0 Å². The molecule has 1 amide bonds. The molecule has 1 fully saturated rings. The number of halogens is 1. The maximum atomic E-state index is 13.7. The fourth-order valence-corrected chi connectivity index (χ4v) is 4.32. The molecule has 1 atom stereocenters. The summed E-state index contributed by atoms with van der Waals surface area (Å²) in [6, 6.07) is 13.0. The van der Waals surface area contributed by atoms with Crippen molar-refractivity contribution in [1.29, 1.82) is 0 Å². The molecule has 0 saturated carbocycles. The Morgan fingerprint density at radius 1 is 1.06 bits per heavy atom. The first-order valence-electron chi connectivity index (χ1n) is 11.3. The van der Waals surface area contributed by atoms with Crippen molar-refractivity contribution in [2.75, 3.05) is 24.5 Å². The van der Waals surface area contributed by atoms with Gasteiger partial charge in [0.05, 0.1) is 11.3 Å². The van der Waals surface area contributed by atoms with Crippen LogP contribution in [0.5, 0.6) is 0 Å². The van der Waals surface area contributed by atoms with E-state index in [0.717, 1.165) is 6.42 Å². The molecule has 35 heavy (non-hydrogen) atoms. The zero-order valence-electron chi connectivity index (χ0n) is 19.1. The molecular weight excluding hydrogens is 466 g/mol. The van der Waals surface area contributed by atoms with E-state index in [1.165, 1.54) is 0 Å². The third-order valence-electron chi connectivity index (χ3n) is 6.04. The van der Waals surface area contributed by atoms with E-state index in [1.54, 1.807) is 59.9 Å². The first kappa shape index (κ1) is 22.8. The normalized spacial score (nSPS) is 17.3. The monoisotopic (exact) mass is 489 g/mol. The van der Waals surface area contributed by atoms with Crippen molar-refractivity contribution >= 4 is 40.2 Å². The summed E-state index contributed by atoms with van der Waals surface area (Å²) < 4.78 is 5.94. The van der Waals surface area contributed by atoms with Gasteiger partial charge in [-0.1, -0.05) is 17.7 Å². The van der Waals surface area contributed by atoms with Gasteiger partial charge in [-0.05, 0) is 49.7 Å². The highest BCUT2D eigenvalue weighted by Gasteiger charge is 2.30. The molecule has 9 nitrogen and oxygen atoms in total. The SMILES string of the molecule is C[C@@H]1CCN(c2nc3cc(Cl)ccc3o2)CCN1C(=O)C(N)=C(c1ccccn1)c1ncccn1. The van der Waals surface area contributed by atoms with Gasteiger partial charge in [0.2, 0.25) is 0 Å². The van der Waals surface area contributed by atoms with Crippen LogP contribution in [-0.2, 0) is 4.79 Å². The van der Waals surface area contributed by atoms with Crippen molar-refractivity contribution < 1.29 is 9.21 Å². The molecule has 1 saturated heterocycles. The molecule has 0 unspecified atom stereocenters. The molecule has 5 rings (SSSR count). The van der Waals surface area contributed by atoms with E-state index in [2.05, 4.69) is 19.9 Å². The third-order valence-corrected chi connectivity index (χ3v) is 6.27. The summed E-state index contributed by atoms with van der Waals surface area (Å²) in [4.78, 5) is 35.1. The molecule has 0 aliphatic carbocycles. The number of anilines is 1. The second kappa shape index (κ2) is 9.71. The lowest BCUT2D eigenvalue weighted by Gasteiger charge is -2.27. The number of hydrogen-bond acceptors (Lipinski definition) is 8. The number of nitrogens with zero attached hydrogens (tertiary/aromatic N) is 6. The van der Waals surface area contributed by atoms with E-state index in [1.807, 2.05) is 17.9 Å². The van der Waals surface area contributed by atoms with E-state index in [-0.39, 0.29) is 17.6 Å². The van der Waals surface area contributed by atoms with E-state index in [0.29, 0.717) is 58.9 Å². The topological polar surface area (TPSA) is 114 Å². The smallest absolute Gasteiger partial charge is 0.298 e. The van der Waals surface area contributed by atoms with E-state index >= 15 is 0 Å². The summed E-state index contributed by atoms with van der Waals surface area (Å²) in [6.45, 7) is 3.69. The zero-order chi connectivity index (χ0) is 24.4. The fraction of sp³-hybridized carbons (Fsp3) is 0.240. The Morgan fingerprint density at radius 3 is 2.63 bits per heavy atom. The van der Waals surface area contributed by atoms with Crippen LogP contribution in [0.3, 0.4) is 0 Å². The van der Waals surface area contributed by atoms with Crippen LogP contribution in [0.15, 0.2) is 71.2 Å². The van der Waals surface area contributed by atoms with Gasteiger partial charge in [0.1, 0.15) is 11.2 Å². The summed E-state index contributed by atoms with van der Waals surface area (Å²) in [5, 5.41) is 0.604. The molecule has 1 aliphatic heterocycles. The molecule has 0 radical (unpaired) electrons. The van der Waals surface area contributed by atoms with Crippen LogP contribution in [-0.4, -0.2) is 56.4 Å². The molecule has 3 aromatic heterocycles. The van der Waals surface area contributed by atoms with Gasteiger partial charge in [-0.3, -0.25) is 9.78 Å². The van der Waals surface area contributed by atoms with Crippen molar-refractivity contribution in [3.8, 4) is 0 Å². The quantitative estimate of drug-likeness (QED) is 0.433. The molecule has 10 heteroatoms. The number of benzene rings is 1. The number of rotatable bonds is 4. The summed E-state index contributed by atoms with van der Waals surface area (Å²) in [5.74, 6) is 0.0723. The highest BCUT2D eigenvalue weighted by Crippen LogP contribution is 2.27. The van der Waals surface area contributed by atoms with Crippen LogP contribution >= 0.6 is 11.6 Å². The average molecular weight is 490 g/mol. The lowest BCUT2D eigenvalue weighted by atomic mass is 10.1. The van der Waals surface area contributed by atoms with E-state index in [9.17, 15) is 4.79 Å². The second-order valence-corrected chi connectivity index (χ2v) is 8.74. The molecule has 2 N–H and O–H groups in total. The van der Waals surface area contributed by atoms with Gasteiger partial charge in [0.25, 0.3) is 11.9 Å². The third kappa shape index (κ3) is 4.67. The standard InChI is InChI=1S/C25H24ClN7O2/c1-16-8-12-32(25-31-19-15-17(26)6-7-20(19)35-25)13-14-33(16)24(34)22(27)21(18-5-2-3-9-28-18)23-29-10-4-11-30-23/h2-7,9-11,15-16H,8,12-14,27H2,1H3/t16-/m1/s1. The first-order chi connectivity index (χ1) is 17.0. The number of aromatic nitrogens is 4. The number of amides is 1. The highest BCUT2D eigenvalue weighted by atomic mass is 35.5. The average Bonchev–Trinajstić information content (AvgIpc) is 3.20. The Kier molecular flexibility index (Phi) is 6.33. The summed E-state index contributed by atoms with van der Waals surface area (Å²) in [6.07, 6.45) is 5.60. The Bertz CT molecular complexity index is 1330. The van der Waals surface area contributed by atoms with Gasteiger partial charge < -0.3 is 20.0 Å². The van der Waals surface area contributed by atoms with Crippen LogP contribution in [0.4, 0.5) is 6.01 Å². The number of carbonyl (C=O) groups excluding carboxylic acids is 1. The molecule has 4 aromatic rings. The number of carbonyl (C=O) groups is 1. The van der Waals surface area contributed by atoms with Gasteiger partial charge in [0, 0.05) is 49.3 Å². The molecular formula is C25H24ClN7O2. The minimum Gasteiger partial charge on any atom is -0.423 e. The lowest BCUT2D eigenvalue weighted by Crippen LogP contribution is -2.42. The predicted molar refractivity (Wildman–Crippen MR) is 134 cm³/mol. The first-order valence-corrected chi connectivity index (χ1v) is 11.7. The largest absolute Gasteiger partial charge is 0.423 e. The maximum absolute atomic E-state index is 13.7. The van der Waals surface area contributed by atoms with Crippen LogP contribution in [0, 0.1) is 0 Å². The van der Waals surface area contributed by atoms with Gasteiger partial charge >= 0.3 is 0 Å². The van der Waals surface area contributed by atoms with Crippen molar-refractivity contribution in [2.45, 2.75) is 19.4 Å². The molecule has 4 heterocycles. The van der Waals surface area contributed by atoms with Gasteiger partial charge in [0.15, 0.2) is 11.4 Å². The lowest BCUT2D eigenvalue weighted by molar-refractivity contribution is -0.128. The molecule has 178 valence electrons. The number of fused-ring (bicyclic) bond motifs is 1. The van der Waals surface area contributed by atoms with Crippen LogP contribution < -0.4 is 10.6 Å². The van der Waals surface area contributed by atoms with Gasteiger partial charge in [-0.2, -0.15) is 4.98 Å². The van der Waals surface area contributed by atoms with Gasteiger partial charge in [-0.15, -0.1) is 0 Å². The Morgan fingerprint density at radius 2 is 1.86 bits per heavy atom. The van der Waals surface area contributed by atoms with E-state index in [4.69, 9.17) is 21.8 Å². The predicted octanol–water partition coefficient (Wildman–Crippen LogP) is 3.51. The summed E-state index contributed by atoms with van der Waals surface area (Å²) in [5.41, 5.74) is 8.88. The highest BCUT2D eigenvalue weighted by molar-refractivity contribution is 6.31. The molecule has 1 aliphatic rings. The van der Waals surface area contributed by atoms with Crippen LogP contribution in [0.25, 0.3) is 16.7 Å². The minimum absolute atomic E-state index is 0.0495. The maximum Gasteiger partial charge on any atom is 0.298 e.